The summed E-state index contributed by atoms with van der Waals surface area (Å²) < 4.78 is 2.31. The molecular weight excluding hydrogens is 170 g/mol. The van der Waals surface area contributed by atoms with Crippen LogP contribution in [0.2, 0.25) is 0 Å². The summed E-state index contributed by atoms with van der Waals surface area (Å²) in [6.45, 7) is 7.83. The fraction of sp³-hybridized carbons (Fsp3) is 0.385. The summed E-state index contributed by atoms with van der Waals surface area (Å²) in [5, 5.41) is 1.27. The van der Waals surface area contributed by atoms with E-state index in [0.29, 0.717) is 5.41 Å². The molecule has 1 heteroatoms. The standard InChI is InChI=1S/C13H16N/c1-13(2,3)10-14-9-8-11-6-4-5-7-12(11)14/h5-9H,10H2,1-3H3. The fourth-order valence-electron chi connectivity index (χ4n) is 1.73. The largest absolute Gasteiger partial charge is 0.347 e. The van der Waals surface area contributed by atoms with Gasteiger partial charge in [0, 0.05) is 23.6 Å². The van der Waals surface area contributed by atoms with E-state index in [4.69, 9.17) is 0 Å². The van der Waals surface area contributed by atoms with Crippen LogP contribution in [0.15, 0.2) is 30.5 Å². The van der Waals surface area contributed by atoms with Crippen molar-refractivity contribution in [2.45, 2.75) is 27.3 Å². The van der Waals surface area contributed by atoms with Crippen molar-refractivity contribution in [1.82, 2.24) is 4.57 Å². The second-order valence-electron chi connectivity index (χ2n) is 4.99. The van der Waals surface area contributed by atoms with Crippen LogP contribution >= 0.6 is 0 Å². The van der Waals surface area contributed by atoms with E-state index in [1.165, 1.54) is 10.9 Å². The first-order valence-corrected chi connectivity index (χ1v) is 5.01. The number of rotatable bonds is 1. The van der Waals surface area contributed by atoms with Gasteiger partial charge in [-0.2, -0.15) is 0 Å². The molecule has 0 amide bonds. The predicted molar refractivity (Wildman–Crippen MR) is 60.2 cm³/mol. The molecule has 0 bridgehead atoms. The van der Waals surface area contributed by atoms with Gasteiger partial charge in [0.05, 0.1) is 0 Å². The molecule has 2 rings (SSSR count). The Morgan fingerprint density at radius 3 is 2.79 bits per heavy atom. The summed E-state index contributed by atoms with van der Waals surface area (Å²) >= 11 is 0. The van der Waals surface area contributed by atoms with Gasteiger partial charge in [-0.15, -0.1) is 0 Å². The van der Waals surface area contributed by atoms with Crippen LogP contribution in [-0.4, -0.2) is 4.57 Å². The first kappa shape index (κ1) is 9.32. The van der Waals surface area contributed by atoms with Gasteiger partial charge >= 0.3 is 0 Å². The van der Waals surface area contributed by atoms with Crippen LogP contribution in [0, 0.1) is 11.5 Å². The number of nitrogens with zero attached hydrogens (tertiary/aromatic N) is 1. The molecule has 0 atom stereocenters. The summed E-state index contributed by atoms with van der Waals surface area (Å²) in [5.41, 5.74) is 1.63. The zero-order chi connectivity index (χ0) is 10.2. The molecule has 0 unspecified atom stereocenters. The molecule has 1 heterocycles. The lowest BCUT2D eigenvalue weighted by molar-refractivity contribution is 0.349. The van der Waals surface area contributed by atoms with Crippen molar-refractivity contribution in [3.63, 3.8) is 0 Å². The minimum atomic E-state index is 0.325. The highest BCUT2D eigenvalue weighted by Crippen LogP contribution is 2.21. The minimum Gasteiger partial charge on any atom is -0.347 e. The average Bonchev–Trinajstić information content (AvgIpc) is 2.47. The molecule has 0 fully saturated rings. The van der Waals surface area contributed by atoms with E-state index in [-0.39, 0.29) is 0 Å². The zero-order valence-corrected chi connectivity index (χ0v) is 9.04. The van der Waals surface area contributed by atoms with Crippen LogP contribution in [0.3, 0.4) is 0 Å². The molecule has 2 aromatic rings. The van der Waals surface area contributed by atoms with Crippen LogP contribution < -0.4 is 0 Å². The summed E-state index contributed by atoms with van der Waals surface area (Å²) in [5.74, 6) is 0. The van der Waals surface area contributed by atoms with Crippen molar-refractivity contribution >= 4 is 10.9 Å². The van der Waals surface area contributed by atoms with Crippen molar-refractivity contribution in [1.29, 1.82) is 0 Å². The molecular formula is C13H16N. The molecule has 0 aliphatic heterocycles. The molecule has 1 aromatic heterocycles. The third kappa shape index (κ3) is 1.82. The average molecular weight is 186 g/mol. The van der Waals surface area contributed by atoms with Gasteiger partial charge in [0.15, 0.2) is 0 Å². The molecule has 14 heavy (non-hydrogen) atoms. The molecule has 0 saturated heterocycles. The van der Waals surface area contributed by atoms with Crippen molar-refractivity contribution in [3.05, 3.63) is 36.5 Å². The fourth-order valence-corrected chi connectivity index (χ4v) is 1.73. The Balaban J connectivity index is 2.44. The van der Waals surface area contributed by atoms with Crippen LogP contribution in [0.25, 0.3) is 10.9 Å². The van der Waals surface area contributed by atoms with Crippen molar-refractivity contribution < 1.29 is 0 Å². The summed E-state index contributed by atoms with van der Waals surface area (Å²) in [7, 11) is 0. The van der Waals surface area contributed by atoms with Crippen LogP contribution in [0.5, 0.6) is 0 Å². The predicted octanol–water partition coefficient (Wildman–Crippen LogP) is 3.49. The van der Waals surface area contributed by atoms with E-state index in [1.54, 1.807) is 0 Å². The lowest BCUT2D eigenvalue weighted by atomic mass is 9.97. The Bertz CT molecular complexity index is 432. The lowest BCUT2D eigenvalue weighted by Crippen LogP contribution is -2.14. The van der Waals surface area contributed by atoms with Crippen molar-refractivity contribution in [3.8, 4) is 0 Å². The van der Waals surface area contributed by atoms with Gasteiger partial charge in [-0.25, -0.2) is 0 Å². The maximum absolute atomic E-state index is 3.10. The Morgan fingerprint density at radius 2 is 2.07 bits per heavy atom. The summed E-state index contributed by atoms with van der Waals surface area (Å²) in [6.07, 6.45) is 2.16. The monoisotopic (exact) mass is 186 g/mol. The van der Waals surface area contributed by atoms with E-state index in [2.05, 4.69) is 49.7 Å². The number of fused-ring (bicyclic) bond motifs is 1. The molecule has 1 radical (unpaired) electrons. The maximum atomic E-state index is 3.10. The van der Waals surface area contributed by atoms with Crippen LogP contribution in [-0.2, 0) is 6.54 Å². The van der Waals surface area contributed by atoms with Crippen LogP contribution in [0.4, 0.5) is 0 Å². The van der Waals surface area contributed by atoms with Gasteiger partial charge in [0.1, 0.15) is 0 Å². The van der Waals surface area contributed by atoms with Gasteiger partial charge < -0.3 is 4.57 Å². The maximum Gasteiger partial charge on any atom is 0.0480 e. The molecule has 1 nitrogen and oxygen atoms in total. The Labute approximate surface area is 85.4 Å². The van der Waals surface area contributed by atoms with E-state index in [1.807, 2.05) is 12.1 Å². The normalized spacial score (nSPS) is 12.2. The number of hydrogen-bond acceptors (Lipinski definition) is 0. The highest BCUT2D eigenvalue weighted by atomic mass is 15.0. The van der Waals surface area contributed by atoms with E-state index >= 15 is 0 Å². The molecule has 0 aliphatic rings. The lowest BCUT2D eigenvalue weighted by Gasteiger charge is -2.19. The highest BCUT2D eigenvalue weighted by molar-refractivity contribution is 5.79. The van der Waals surface area contributed by atoms with E-state index in [0.717, 1.165) is 6.54 Å². The van der Waals surface area contributed by atoms with Crippen LogP contribution in [0.1, 0.15) is 20.8 Å². The second kappa shape index (κ2) is 3.16. The molecule has 0 N–H and O–H groups in total. The summed E-state index contributed by atoms with van der Waals surface area (Å²) in [4.78, 5) is 0. The quantitative estimate of drug-likeness (QED) is 0.642. The number of benzene rings is 1. The smallest absolute Gasteiger partial charge is 0.0480 e. The third-order valence-electron chi connectivity index (χ3n) is 2.26. The first-order valence-electron chi connectivity index (χ1n) is 5.01. The van der Waals surface area contributed by atoms with Crippen molar-refractivity contribution in [2.24, 2.45) is 5.41 Å². The van der Waals surface area contributed by atoms with E-state index < -0.39 is 0 Å². The van der Waals surface area contributed by atoms with E-state index in [9.17, 15) is 0 Å². The topological polar surface area (TPSA) is 4.93 Å². The number of hydrogen-bond donors (Lipinski definition) is 0. The Morgan fingerprint density at radius 1 is 1.29 bits per heavy atom. The number of aromatic nitrogens is 1. The Kier molecular flexibility index (Phi) is 2.10. The molecule has 1 aromatic carbocycles. The highest BCUT2D eigenvalue weighted by Gasteiger charge is 2.11. The minimum absolute atomic E-state index is 0.325. The molecule has 0 spiro atoms. The summed E-state index contributed by atoms with van der Waals surface area (Å²) in [6, 6.07) is 11.4. The SMILES string of the molecule is CC(C)(C)Cn1ccc2c[c]ccc21. The Hall–Kier alpha value is -1.24. The third-order valence-corrected chi connectivity index (χ3v) is 2.26. The van der Waals surface area contributed by atoms with Gasteiger partial charge in [0.2, 0.25) is 0 Å². The first-order chi connectivity index (χ1) is 6.56. The second-order valence-corrected chi connectivity index (χ2v) is 4.99. The van der Waals surface area contributed by atoms with Gasteiger partial charge in [0.25, 0.3) is 0 Å². The molecule has 0 saturated carbocycles. The van der Waals surface area contributed by atoms with Crippen molar-refractivity contribution in [2.75, 3.05) is 0 Å². The van der Waals surface area contributed by atoms with Gasteiger partial charge in [-0.1, -0.05) is 26.8 Å². The molecule has 0 aliphatic carbocycles. The van der Waals surface area contributed by atoms with Gasteiger partial charge in [-0.05, 0) is 29.7 Å². The van der Waals surface area contributed by atoms with Gasteiger partial charge in [-0.3, -0.25) is 0 Å². The zero-order valence-electron chi connectivity index (χ0n) is 9.04. The molecule has 73 valence electrons.